The number of benzene rings is 2. The van der Waals surface area contributed by atoms with Gasteiger partial charge >= 0.3 is 0 Å². The summed E-state index contributed by atoms with van der Waals surface area (Å²) in [5.74, 6) is -0.713. The van der Waals surface area contributed by atoms with Crippen molar-refractivity contribution in [2.45, 2.75) is 19.4 Å². The Morgan fingerprint density at radius 3 is 3.00 bits per heavy atom. The van der Waals surface area contributed by atoms with Gasteiger partial charge in [0.1, 0.15) is 5.82 Å². The van der Waals surface area contributed by atoms with E-state index >= 15 is 0 Å². The van der Waals surface area contributed by atoms with Crippen molar-refractivity contribution < 1.29 is 9.18 Å². The molecule has 6 heteroatoms. The van der Waals surface area contributed by atoms with Crippen LogP contribution in [0.1, 0.15) is 17.5 Å². The van der Waals surface area contributed by atoms with Gasteiger partial charge in [-0.3, -0.25) is 9.69 Å². The summed E-state index contributed by atoms with van der Waals surface area (Å²) in [6, 6.07) is 10.0. The lowest BCUT2D eigenvalue weighted by Gasteiger charge is -2.29. The highest BCUT2D eigenvalue weighted by molar-refractivity contribution is 6.31. The number of carbonyl (C=O) groups excluding carboxylic acids is 1. The topological polar surface area (TPSA) is 58.4 Å². The van der Waals surface area contributed by atoms with E-state index in [1.54, 1.807) is 0 Å². The molecule has 1 heterocycles. The number of halogens is 2. The SMILES string of the molecule is Nc1ccc(F)c(NC(=O)CCN2CCc3c(Cl)cccc3C2)c1. The molecule has 1 aliphatic rings. The zero-order valence-corrected chi connectivity index (χ0v) is 13.9. The smallest absolute Gasteiger partial charge is 0.225 e. The molecule has 0 spiro atoms. The van der Waals surface area contributed by atoms with Crippen LogP contribution in [0.5, 0.6) is 0 Å². The fourth-order valence-electron chi connectivity index (χ4n) is 2.92. The van der Waals surface area contributed by atoms with E-state index in [1.165, 1.54) is 29.3 Å². The average Bonchev–Trinajstić information content (AvgIpc) is 2.56. The van der Waals surface area contributed by atoms with Gasteiger partial charge in [0, 0.05) is 36.8 Å². The third-order valence-electron chi connectivity index (χ3n) is 4.21. The molecule has 0 saturated carbocycles. The van der Waals surface area contributed by atoms with Crippen molar-refractivity contribution in [3.63, 3.8) is 0 Å². The lowest BCUT2D eigenvalue weighted by Crippen LogP contribution is -2.33. The van der Waals surface area contributed by atoms with Crippen molar-refractivity contribution in [3.8, 4) is 0 Å². The number of nitrogen functional groups attached to an aromatic ring is 1. The summed E-state index contributed by atoms with van der Waals surface area (Å²) >= 11 is 6.21. The molecule has 3 N–H and O–H groups in total. The van der Waals surface area contributed by atoms with Crippen LogP contribution in [0.25, 0.3) is 0 Å². The number of anilines is 2. The molecule has 0 unspecified atom stereocenters. The third-order valence-corrected chi connectivity index (χ3v) is 4.56. The lowest BCUT2D eigenvalue weighted by molar-refractivity contribution is -0.116. The van der Waals surface area contributed by atoms with Gasteiger partial charge in [0.15, 0.2) is 0 Å². The van der Waals surface area contributed by atoms with E-state index in [9.17, 15) is 9.18 Å². The van der Waals surface area contributed by atoms with E-state index in [4.69, 9.17) is 17.3 Å². The Hall–Kier alpha value is -2.11. The molecule has 1 aliphatic heterocycles. The average molecular weight is 348 g/mol. The zero-order chi connectivity index (χ0) is 17.1. The molecule has 4 nitrogen and oxygen atoms in total. The van der Waals surface area contributed by atoms with Gasteiger partial charge in [0.05, 0.1) is 5.69 Å². The van der Waals surface area contributed by atoms with Crippen LogP contribution in [-0.2, 0) is 17.8 Å². The molecule has 2 aromatic carbocycles. The van der Waals surface area contributed by atoms with Crippen molar-refractivity contribution >= 4 is 28.9 Å². The van der Waals surface area contributed by atoms with Crippen LogP contribution >= 0.6 is 11.6 Å². The minimum atomic E-state index is -0.487. The number of nitrogens with one attached hydrogen (secondary N) is 1. The van der Waals surface area contributed by atoms with Crippen LogP contribution in [0, 0.1) is 5.82 Å². The fourth-order valence-corrected chi connectivity index (χ4v) is 3.21. The number of hydrogen-bond acceptors (Lipinski definition) is 3. The highest BCUT2D eigenvalue weighted by atomic mass is 35.5. The van der Waals surface area contributed by atoms with Gasteiger partial charge in [-0.1, -0.05) is 23.7 Å². The molecule has 3 rings (SSSR count). The first kappa shape index (κ1) is 16.7. The Kier molecular flexibility index (Phi) is 5.02. The quantitative estimate of drug-likeness (QED) is 0.833. The monoisotopic (exact) mass is 347 g/mol. The standard InChI is InChI=1S/C18H19ClFN3O/c19-15-3-1-2-12-11-23(8-6-14(12)15)9-7-18(24)22-17-10-13(21)4-5-16(17)20/h1-5,10H,6-9,11,21H2,(H,22,24). The van der Waals surface area contributed by atoms with Gasteiger partial charge in [0.2, 0.25) is 5.91 Å². The largest absolute Gasteiger partial charge is 0.399 e. The number of fused-ring (bicyclic) bond motifs is 1. The molecule has 0 fully saturated rings. The maximum Gasteiger partial charge on any atom is 0.225 e. The van der Waals surface area contributed by atoms with Gasteiger partial charge in [-0.25, -0.2) is 4.39 Å². The first-order valence-electron chi connectivity index (χ1n) is 7.86. The van der Waals surface area contributed by atoms with E-state index in [0.717, 1.165) is 24.5 Å². The van der Waals surface area contributed by atoms with Crippen LogP contribution < -0.4 is 11.1 Å². The predicted octanol–water partition coefficient (Wildman–Crippen LogP) is 3.45. The number of nitrogens with two attached hydrogens (primary N) is 1. The van der Waals surface area contributed by atoms with E-state index in [0.29, 0.717) is 18.7 Å². The molecule has 2 aromatic rings. The first-order valence-corrected chi connectivity index (χ1v) is 8.24. The Labute approximate surface area is 145 Å². The number of amides is 1. The van der Waals surface area contributed by atoms with Crippen molar-refractivity contribution in [3.05, 3.63) is 58.4 Å². The van der Waals surface area contributed by atoms with Gasteiger partial charge in [-0.2, -0.15) is 0 Å². The molecule has 0 atom stereocenters. The highest BCUT2D eigenvalue weighted by Gasteiger charge is 2.18. The maximum absolute atomic E-state index is 13.6. The summed E-state index contributed by atoms with van der Waals surface area (Å²) < 4.78 is 13.6. The van der Waals surface area contributed by atoms with E-state index < -0.39 is 5.82 Å². The number of carbonyl (C=O) groups is 1. The van der Waals surface area contributed by atoms with Crippen LogP contribution in [0.2, 0.25) is 5.02 Å². The Bertz CT molecular complexity index is 766. The van der Waals surface area contributed by atoms with Gasteiger partial charge in [-0.15, -0.1) is 0 Å². The molecule has 0 saturated heterocycles. The van der Waals surface area contributed by atoms with Crippen molar-refractivity contribution in [1.29, 1.82) is 0 Å². The third kappa shape index (κ3) is 3.86. The minimum Gasteiger partial charge on any atom is -0.399 e. The zero-order valence-electron chi connectivity index (χ0n) is 13.2. The summed E-state index contributed by atoms with van der Waals surface area (Å²) in [6.07, 6.45) is 1.17. The van der Waals surface area contributed by atoms with Gasteiger partial charge < -0.3 is 11.1 Å². The molecular formula is C18H19ClFN3O. The lowest BCUT2D eigenvalue weighted by atomic mass is 9.99. The van der Waals surface area contributed by atoms with Gasteiger partial charge in [-0.05, 0) is 41.8 Å². The molecule has 24 heavy (non-hydrogen) atoms. The molecule has 0 radical (unpaired) electrons. The van der Waals surface area contributed by atoms with Crippen LogP contribution in [0.15, 0.2) is 36.4 Å². The van der Waals surface area contributed by atoms with Crippen LogP contribution in [0.3, 0.4) is 0 Å². The van der Waals surface area contributed by atoms with E-state index in [2.05, 4.69) is 16.3 Å². The number of nitrogens with zero attached hydrogens (tertiary/aromatic N) is 1. The molecular weight excluding hydrogens is 329 g/mol. The van der Waals surface area contributed by atoms with Crippen LogP contribution in [-0.4, -0.2) is 23.9 Å². The van der Waals surface area contributed by atoms with Gasteiger partial charge in [0.25, 0.3) is 0 Å². The molecule has 0 aromatic heterocycles. The summed E-state index contributed by atoms with van der Waals surface area (Å²) in [6.45, 7) is 2.24. The molecule has 0 aliphatic carbocycles. The summed E-state index contributed by atoms with van der Waals surface area (Å²) in [7, 11) is 0. The molecule has 0 bridgehead atoms. The van der Waals surface area contributed by atoms with Crippen molar-refractivity contribution in [1.82, 2.24) is 4.90 Å². The Morgan fingerprint density at radius 2 is 2.17 bits per heavy atom. The number of hydrogen-bond donors (Lipinski definition) is 2. The summed E-state index contributed by atoms with van der Waals surface area (Å²) in [4.78, 5) is 14.3. The van der Waals surface area contributed by atoms with Crippen LogP contribution in [0.4, 0.5) is 15.8 Å². The second kappa shape index (κ2) is 7.20. The van der Waals surface area contributed by atoms with E-state index in [1.807, 2.05) is 12.1 Å². The summed E-state index contributed by atoms with van der Waals surface area (Å²) in [5, 5.41) is 3.38. The number of rotatable bonds is 4. The predicted molar refractivity (Wildman–Crippen MR) is 94.5 cm³/mol. The second-order valence-corrected chi connectivity index (χ2v) is 6.35. The van der Waals surface area contributed by atoms with Crippen molar-refractivity contribution in [2.24, 2.45) is 0 Å². The summed E-state index contributed by atoms with van der Waals surface area (Å²) in [5.41, 5.74) is 8.55. The maximum atomic E-state index is 13.6. The van der Waals surface area contributed by atoms with E-state index in [-0.39, 0.29) is 11.6 Å². The normalized spacial score (nSPS) is 14.2. The Balaban J connectivity index is 1.55. The van der Waals surface area contributed by atoms with Crippen molar-refractivity contribution in [2.75, 3.05) is 24.1 Å². The minimum absolute atomic E-state index is 0.121. The Morgan fingerprint density at radius 1 is 1.33 bits per heavy atom. The second-order valence-electron chi connectivity index (χ2n) is 5.94. The molecule has 1 amide bonds. The fraction of sp³-hybridized carbons (Fsp3) is 0.278. The molecule has 126 valence electrons. The first-order chi connectivity index (χ1) is 11.5. The highest BCUT2D eigenvalue weighted by Crippen LogP contribution is 2.26.